The fourth-order valence-electron chi connectivity index (χ4n) is 5.30. The van der Waals surface area contributed by atoms with Gasteiger partial charge in [-0.25, -0.2) is 4.98 Å². The highest BCUT2D eigenvalue weighted by molar-refractivity contribution is 6.06. The Morgan fingerprint density at radius 2 is 1.83 bits per heavy atom. The average molecular weight is 466 g/mol. The maximum Gasteiger partial charge on any atom is 0.256 e. The molecule has 2 aromatic carbocycles. The van der Waals surface area contributed by atoms with Crippen LogP contribution in [0, 0.1) is 0 Å². The van der Waals surface area contributed by atoms with Gasteiger partial charge < -0.3 is 20.5 Å². The summed E-state index contributed by atoms with van der Waals surface area (Å²) in [5, 5.41) is 8.12. The Kier molecular flexibility index (Phi) is 5.15. The zero-order valence-corrected chi connectivity index (χ0v) is 19.6. The van der Waals surface area contributed by atoms with Crippen LogP contribution in [-0.2, 0) is 5.41 Å². The molecule has 2 amide bonds. The minimum Gasteiger partial charge on any atom is -0.357 e. The number of aromatic nitrogens is 2. The number of amides is 2. The number of likely N-dealkylation sites (tertiary alicyclic amines) is 1. The first-order chi connectivity index (χ1) is 17.0. The molecule has 0 aliphatic carbocycles. The number of H-pyrrole nitrogens is 1. The van der Waals surface area contributed by atoms with Gasteiger partial charge in [-0.3, -0.25) is 9.59 Å². The second-order valence-electron chi connectivity index (χ2n) is 9.68. The summed E-state index contributed by atoms with van der Waals surface area (Å²) in [6.45, 7) is 2.67. The van der Waals surface area contributed by atoms with E-state index >= 15 is 0 Å². The lowest BCUT2D eigenvalue weighted by atomic mass is 9.72. The van der Waals surface area contributed by atoms with Gasteiger partial charge in [0, 0.05) is 40.7 Å². The number of benzene rings is 2. The lowest BCUT2D eigenvalue weighted by Crippen LogP contribution is -2.52. The quantitative estimate of drug-likeness (QED) is 0.423. The summed E-state index contributed by atoms with van der Waals surface area (Å²) in [6.07, 6.45) is 3.68. The van der Waals surface area contributed by atoms with E-state index in [1.54, 1.807) is 6.20 Å². The summed E-state index contributed by atoms with van der Waals surface area (Å²) < 4.78 is 0. The van der Waals surface area contributed by atoms with Crippen LogP contribution in [-0.4, -0.2) is 53.4 Å². The average Bonchev–Trinajstić information content (AvgIpc) is 3.35. The standard InChI is InChI=1S/C28H27N5O2/c1-33-12-9-28(10-13-33)17-30-27(35)22-16-23(31-25(22)28)20-8-11-29-24(15-20)32-26(34)21-7-6-18-4-2-3-5-19(18)14-21/h2-8,11,14-16,31H,9-10,12-13,17H2,1H3,(H,30,35)(H,29,32,34). The highest BCUT2D eigenvalue weighted by Crippen LogP contribution is 2.40. The third-order valence-electron chi connectivity index (χ3n) is 7.45. The summed E-state index contributed by atoms with van der Waals surface area (Å²) >= 11 is 0. The van der Waals surface area contributed by atoms with Crippen molar-refractivity contribution in [2.24, 2.45) is 0 Å². The molecule has 2 aliphatic rings. The Balaban J connectivity index is 1.28. The van der Waals surface area contributed by atoms with E-state index in [-0.39, 0.29) is 17.2 Å². The van der Waals surface area contributed by atoms with Gasteiger partial charge in [-0.1, -0.05) is 30.3 Å². The van der Waals surface area contributed by atoms with E-state index in [0.29, 0.717) is 17.9 Å². The van der Waals surface area contributed by atoms with Gasteiger partial charge >= 0.3 is 0 Å². The van der Waals surface area contributed by atoms with E-state index in [9.17, 15) is 9.59 Å². The van der Waals surface area contributed by atoms with Crippen LogP contribution < -0.4 is 10.6 Å². The lowest BCUT2D eigenvalue weighted by Gasteiger charge is -2.42. The molecule has 0 unspecified atom stereocenters. The Hall–Kier alpha value is -3.97. The zero-order valence-electron chi connectivity index (χ0n) is 19.6. The summed E-state index contributed by atoms with van der Waals surface area (Å²) in [6, 6.07) is 19.3. The van der Waals surface area contributed by atoms with E-state index in [4.69, 9.17) is 0 Å². The zero-order chi connectivity index (χ0) is 24.0. The van der Waals surface area contributed by atoms with Crippen LogP contribution in [0.25, 0.3) is 22.0 Å². The van der Waals surface area contributed by atoms with Crippen LogP contribution >= 0.6 is 0 Å². The summed E-state index contributed by atoms with van der Waals surface area (Å²) in [7, 11) is 2.14. The number of carbonyl (C=O) groups is 2. The first kappa shape index (κ1) is 21.6. The van der Waals surface area contributed by atoms with Crippen LogP contribution in [0.15, 0.2) is 66.9 Å². The van der Waals surface area contributed by atoms with E-state index in [0.717, 1.165) is 59.2 Å². The van der Waals surface area contributed by atoms with Crippen molar-refractivity contribution < 1.29 is 9.59 Å². The third-order valence-corrected chi connectivity index (χ3v) is 7.45. The molecule has 6 rings (SSSR count). The van der Waals surface area contributed by atoms with Crippen LogP contribution in [0.2, 0.25) is 0 Å². The molecule has 4 aromatic rings. The molecule has 2 aliphatic heterocycles. The van der Waals surface area contributed by atoms with Crippen molar-refractivity contribution in [2.75, 3.05) is 32.0 Å². The highest BCUT2D eigenvalue weighted by atomic mass is 16.2. The van der Waals surface area contributed by atoms with Gasteiger partial charge in [0.2, 0.25) is 0 Å². The van der Waals surface area contributed by atoms with Gasteiger partial charge in [0.05, 0.1) is 5.56 Å². The molecule has 4 heterocycles. The van der Waals surface area contributed by atoms with Gasteiger partial charge in [-0.05, 0) is 74.1 Å². The van der Waals surface area contributed by atoms with Crippen molar-refractivity contribution in [1.82, 2.24) is 20.2 Å². The number of hydrogen-bond acceptors (Lipinski definition) is 4. The van der Waals surface area contributed by atoms with E-state index in [2.05, 4.69) is 32.5 Å². The molecular formula is C28H27N5O2. The monoisotopic (exact) mass is 465 g/mol. The number of pyridine rings is 1. The number of hydrogen-bond donors (Lipinski definition) is 3. The molecule has 0 bridgehead atoms. The van der Waals surface area contributed by atoms with E-state index in [1.165, 1.54) is 0 Å². The molecule has 7 heteroatoms. The van der Waals surface area contributed by atoms with Crippen molar-refractivity contribution in [2.45, 2.75) is 18.3 Å². The maximum atomic E-state index is 12.9. The minimum atomic E-state index is -0.212. The van der Waals surface area contributed by atoms with Crippen LogP contribution in [0.4, 0.5) is 5.82 Å². The SMILES string of the molecule is CN1CCC2(CC1)CNC(=O)c1cc(-c3ccnc(NC(=O)c4ccc5ccccc5c4)c3)[nH]c12. The molecule has 7 nitrogen and oxygen atoms in total. The number of carbonyl (C=O) groups excluding carboxylic acids is 2. The Bertz CT molecular complexity index is 1450. The Labute approximate surface area is 203 Å². The Morgan fingerprint density at radius 3 is 2.66 bits per heavy atom. The molecule has 1 fully saturated rings. The smallest absolute Gasteiger partial charge is 0.256 e. The maximum absolute atomic E-state index is 12.9. The van der Waals surface area contributed by atoms with Gasteiger partial charge in [0.25, 0.3) is 11.8 Å². The van der Waals surface area contributed by atoms with Gasteiger partial charge in [-0.15, -0.1) is 0 Å². The number of fused-ring (bicyclic) bond motifs is 3. The van der Waals surface area contributed by atoms with E-state index < -0.39 is 0 Å². The lowest BCUT2D eigenvalue weighted by molar-refractivity contribution is 0.0893. The molecular weight excluding hydrogens is 438 g/mol. The Morgan fingerprint density at radius 1 is 1.03 bits per heavy atom. The van der Waals surface area contributed by atoms with Gasteiger partial charge in [0.1, 0.15) is 5.82 Å². The number of anilines is 1. The first-order valence-corrected chi connectivity index (χ1v) is 12.0. The first-order valence-electron chi connectivity index (χ1n) is 12.0. The van der Waals surface area contributed by atoms with Crippen molar-refractivity contribution in [3.63, 3.8) is 0 Å². The van der Waals surface area contributed by atoms with Crippen LogP contribution in [0.5, 0.6) is 0 Å². The minimum absolute atomic E-state index is 0.0362. The molecule has 0 saturated carbocycles. The summed E-state index contributed by atoms with van der Waals surface area (Å²) in [5.74, 6) is 0.216. The van der Waals surface area contributed by atoms with Crippen molar-refractivity contribution in [1.29, 1.82) is 0 Å². The molecule has 1 saturated heterocycles. The molecule has 1 spiro atoms. The second-order valence-corrected chi connectivity index (χ2v) is 9.68. The molecule has 35 heavy (non-hydrogen) atoms. The molecule has 176 valence electrons. The summed E-state index contributed by atoms with van der Waals surface area (Å²) in [4.78, 5) is 35.8. The van der Waals surface area contributed by atoms with E-state index in [1.807, 2.05) is 60.7 Å². The topological polar surface area (TPSA) is 90.1 Å². The fourth-order valence-corrected chi connectivity index (χ4v) is 5.30. The predicted molar refractivity (Wildman–Crippen MR) is 137 cm³/mol. The van der Waals surface area contributed by atoms with Gasteiger partial charge in [-0.2, -0.15) is 0 Å². The summed E-state index contributed by atoms with van der Waals surface area (Å²) in [5.41, 5.74) is 3.99. The highest BCUT2D eigenvalue weighted by Gasteiger charge is 2.43. The second kappa shape index (κ2) is 8.36. The molecule has 2 aromatic heterocycles. The van der Waals surface area contributed by atoms with Gasteiger partial charge in [0.15, 0.2) is 0 Å². The normalized spacial score (nSPS) is 17.2. The number of nitrogens with zero attached hydrogens (tertiary/aromatic N) is 2. The van der Waals surface area contributed by atoms with Crippen LogP contribution in [0.1, 0.15) is 39.3 Å². The molecule has 0 atom stereocenters. The van der Waals surface area contributed by atoms with Crippen molar-refractivity contribution >= 4 is 28.4 Å². The largest absolute Gasteiger partial charge is 0.357 e. The molecule has 3 N–H and O–H groups in total. The predicted octanol–water partition coefficient (Wildman–Crippen LogP) is 4.19. The molecule has 0 radical (unpaired) electrons. The van der Waals surface area contributed by atoms with Crippen LogP contribution in [0.3, 0.4) is 0 Å². The fraction of sp³-hybridized carbons (Fsp3) is 0.250. The number of piperidine rings is 1. The number of rotatable bonds is 3. The third kappa shape index (κ3) is 3.88. The number of nitrogens with one attached hydrogen (secondary N) is 3. The number of aromatic amines is 1. The van der Waals surface area contributed by atoms with Crippen molar-refractivity contribution in [3.8, 4) is 11.3 Å². The van der Waals surface area contributed by atoms with Crippen molar-refractivity contribution in [3.05, 3.63) is 83.7 Å².